The molecule has 1 heterocycles. The highest BCUT2D eigenvalue weighted by Gasteiger charge is 2.21. The summed E-state index contributed by atoms with van der Waals surface area (Å²) in [5, 5.41) is 1.21. The van der Waals surface area contributed by atoms with Crippen molar-refractivity contribution in [2.75, 3.05) is 14.1 Å². The van der Waals surface area contributed by atoms with E-state index in [0.29, 0.717) is 0 Å². The summed E-state index contributed by atoms with van der Waals surface area (Å²) in [4.78, 5) is 8.11. The summed E-state index contributed by atoms with van der Waals surface area (Å²) in [6.07, 6.45) is 3.43. The van der Waals surface area contributed by atoms with E-state index in [9.17, 15) is 0 Å². The number of rotatable bonds is 2. The fraction of sp³-hybridized carbons (Fsp3) is 0.700. The third kappa shape index (κ3) is 1.97. The van der Waals surface area contributed by atoms with E-state index in [1.54, 1.807) is 11.3 Å². The molecule has 1 aromatic rings. The zero-order chi connectivity index (χ0) is 10.1. The number of thiazole rings is 1. The van der Waals surface area contributed by atoms with Crippen molar-refractivity contribution in [3.05, 3.63) is 15.6 Å². The molecule has 1 aromatic heterocycles. The lowest BCUT2D eigenvalue weighted by Gasteiger charge is -2.15. The van der Waals surface area contributed by atoms with Gasteiger partial charge in [-0.05, 0) is 33.4 Å². The van der Waals surface area contributed by atoms with E-state index in [1.165, 1.54) is 22.0 Å². The van der Waals surface area contributed by atoms with Crippen molar-refractivity contribution in [1.82, 2.24) is 9.88 Å². The van der Waals surface area contributed by atoms with Gasteiger partial charge in [0.25, 0.3) is 0 Å². The Morgan fingerprint density at radius 3 is 3.00 bits per heavy atom. The number of aryl methyl sites for hydroxylation is 1. The molecule has 0 bridgehead atoms. The summed E-state index contributed by atoms with van der Waals surface area (Å²) in [7, 11) is 4.14. The van der Waals surface area contributed by atoms with Gasteiger partial charge in [0, 0.05) is 17.5 Å². The Labute approximate surface area is 88.9 Å². The molecule has 3 nitrogen and oxygen atoms in total. The Morgan fingerprint density at radius 2 is 2.36 bits per heavy atom. The van der Waals surface area contributed by atoms with Gasteiger partial charge in [-0.2, -0.15) is 0 Å². The van der Waals surface area contributed by atoms with Gasteiger partial charge in [-0.15, -0.1) is 11.3 Å². The monoisotopic (exact) mass is 211 g/mol. The van der Waals surface area contributed by atoms with E-state index in [1.807, 2.05) is 0 Å². The van der Waals surface area contributed by atoms with Crippen molar-refractivity contribution >= 4 is 11.3 Å². The van der Waals surface area contributed by atoms with Gasteiger partial charge in [0.2, 0.25) is 0 Å². The van der Waals surface area contributed by atoms with Crippen LogP contribution in [0.5, 0.6) is 0 Å². The van der Waals surface area contributed by atoms with Crippen LogP contribution in [0.25, 0.3) is 0 Å². The Bertz CT molecular complexity index is 319. The Kier molecular flexibility index (Phi) is 2.85. The molecule has 4 heteroatoms. The highest BCUT2D eigenvalue weighted by atomic mass is 32.1. The lowest BCUT2D eigenvalue weighted by molar-refractivity contribution is 0.401. The average Bonchev–Trinajstić information content (AvgIpc) is 2.47. The summed E-state index contributed by atoms with van der Waals surface area (Å²) in [6.45, 7) is 0.935. The van der Waals surface area contributed by atoms with Crippen molar-refractivity contribution in [1.29, 1.82) is 0 Å². The van der Waals surface area contributed by atoms with Crippen LogP contribution in [0.1, 0.15) is 34.5 Å². The first-order valence-corrected chi connectivity index (χ1v) is 5.87. The van der Waals surface area contributed by atoms with Crippen LogP contribution in [0.3, 0.4) is 0 Å². The molecule has 0 spiro atoms. The van der Waals surface area contributed by atoms with Gasteiger partial charge in [0.05, 0.1) is 5.69 Å². The molecule has 0 saturated carbocycles. The zero-order valence-corrected chi connectivity index (χ0v) is 9.60. The number of nitrogens with zero attached hydrogens (tertiary/aromatic N) is 2. The van der Waals surface area contributed by atoms with Crippen molar-refractivity contribution < 1.29 is 0 Å². The average molecular weight is 211 g/mol. The minimum Gasteiger partial charge on any atom is -0.323 e. The summed E-state index contributed by atoms with van der Waals surface area (Å²) < 4.78 is 0. The standard InChI is InChI=1S/C10H17N3S/c1-13(2)6-9-12-8-5-3-4-7(11)10(8)14-9/h7H,3-6,11H2,1-2H3. The van der Waals surface area contributed by atoms with Crippen LogP contribution in [-0.4, -0.2) is 24.0 Å². The largest absolute Gasteiger partial charge is 0.323 e. The maximum atomic E-state index is 6.05. The van der Waals surface area contributed by atoms with E-state index in [2.05, 4.69) is 24.0 Å². The second-order valence-corrected chi connectivity index (χ2v) is 5.27. The van der Waals surface area contributed by atoms with Crippen LogP contribution in [0.4, 0.5) is 0 Å². The highest BCUT2D eigenvalue weighted by molar-refractivity contribution is 7.11. The molecular formula is C10H17N3S. The molecule has 2 rings (SSSR count). The van der Waals surface area contributed by atoms with Crippen LogP contribution in [0.15, 0.2) is 0 Å². The van der Waals surface area contributed by atoms with Crippen molar-refractivity contribution in [2.24, 2.45) is 5.73 Å². The molecule has 78 valence electrons. The Morgan fingerprint density at radius 1 is 1.57 bits per heavy atom. The zero-order valence-electron chi connectivity index (χ0n) is 8.79. The van der Waals surface area contributed by atoms with E-state index >= 15 is 0 Å². The van der Waals surface area contributed by atoms with Gasteiger partial charge < -0.3 is 10.6 Å². The molecule has 0 fully saturated rings. The van der Waals surface area contributed by atoms with E-state index in [-0.39, 0.29) is 6.04 Å². The smallest absolute Gasteiger partial charge is 0.107 e. The molecule has 2 N–H and O–H groups in total. The third-order valence-electron chi connectivity index (χ3n) is 2.49. The number of aromatic nitrogens is 1. The van der Waals surface area contributed by atoms with Crippen molar-refractivity contribution in [3.8, 4) is 0 Å². The number of nitrogens with two attached hydrogens (primary N) is 1. The van der Waals surface area contributed by atoms with Gasteiger partial charge in [-0.1, -0.05) is 0 Å². The SMILES string of the molecule is CN(C)Cc1nc2c(s1)C(N)CCC2. The minimum absolute atomic E-state index is 0.243. The predicted molar refractivity (Wildman–Crippen MR) is 59.4 cm³/mol. The molecule has 0 radical (unpaired) electrons. The first-order chi connectivity index (χ1) is 6.66. The fourth-order valence-electron chi connectivity index (χ4n) is 1.84. The molecule has 0 amide bonds. The van der Waals surface area contributed by atoms with E-state index in [4.69, 9.17) is 5.73 Å². The molecule has 0 aromatic carbocycles. The maximum absolute atomic E-state index is 6.05. The molecule has 14 heavy (non-hydrogen) atoms. The predicted octanol–water partition coefficient (Wildman–Crippen LogP) is 1.54. The maximum Gasteiger partial charge on any atom is 0.107 e. The summed E-state index contributed by atoms with van der Waals surface area (Å²) in [6, 6.07) is 0.243. The van der Waals surface area contributed by atoms with Gasteiger partial charge in [-0.3, -0.25) is 0 Å². The number of fused-ring (bicyclic) bond motifs is 1. The lowest BCUT2D eigenvalue weighted by Crippen LogP contribution is -2.15. The number of hydrogen-bond donors (Lipinski definition) is 1. The second-order valence-electron chi connectivity index (χ2n) is 4.16. The fourth-order valence-corrected chi connectivity index (χ4v) is 3.11. The quantitative estimate of drug-likeness (QED) is 0.807. The normalized spacial score (nSPS) is 21.3. The molecular weight excluding hydrogens is 194 g/mol. The molecule has 0 saturated heterocycles. The number of hydrogen-bond acceptors (Lipinski definition) is 4. The molecule has 1 unspecified atom stereocenters. The first kappa shape index (κ1) is 10.1. The minimum atomic E-state index is 0.243. The van der Waals surface area contributed by atoms with Gasteiger partial charge in [0.15, 0.2) is 0 Å². The van der Waals surface area contributed by atoms with Crippen LogP contribution in [0.2, 0.25) is 0 Å². The molecule has 1 aliphatic carbocycles. The van der Waals surface area contributed by atoms with Crippen LogP contribution in [0, 0.1) is 0 Å². The first-order valence-electron chi connectivity index (χ1n) is 5.05. The van der Waals surface area contributed by atoms with Crippen molar-refractivity contribution in [2.45, 2.75) is 31.8 Å². The highest BCUT2D eigenvalue weighted by Crippen LogP contribution is 2.32. The topological polar surface area (TPSA) is 42.2 Å². The molecule has 0 aliphatic heterocycles. The van der Waals surface area contributed by atoms with Crippen molar-refractivity contribution in [3.63, 3.8) is 0 Å². The van der Waals surface area contributed by atoms with Gasteiger partial charge in [0.1, 0.15) is 5.01 Å². The molecule has 1 aliphatic rings. The lowest BCUT2D eigenvalue weighted by atomic mass is 9.99. The van der Waals surface area contributed by atoms with E-state index in [0.717, 1.165) is 19.4 Å². The summed E-state index contributed by atoms with van der Waals surface area (Å²) in [5.41, 5.74) is 7.30. The van der Waals surface area contributed by atoms with Gasteiger partial charge >= 0.3 is 0 Å². The second kappa shape index (κ2) is 3.96. The van der Waals surface area contributed by atoms with Gasteiger partial charge in [-0.25, -0.2) is 4.98 Å². The summed E-state index contributed by atoms with van der Waals surface area (Å²) in [5.74, 6) is 0. The van der Waals surface area contributed by atoms with Crippen LogP contribution < -0.4 is 5.73 Å². The molecule has 1 atom stereocenters. The Hall–Kier alpha value is -0.450. The summed E-state index contributed by atoms with van der Waals surface area (Å²) >= 11 is 1.79. The Balaban J connectivity index is 2.21. The van der Waals surface area contributed by atoms with Crippen LogP contribution >= 0.6 is 11.3 Å². The van der Waals surface area contributed by atoms with Crippen LogP contribution in [-0.2, 0) is 13.0 Å². The third-order valence-corrected chi connectivity index (χ3v) is 3.70. The van der Waals surface area contributed by atoms with E-state index < -0.39 is 0 Å².